The fourth-order valence-electron chi connectivity index (χ4n) is 8.74. The van der Waals surface area contributed by atoms with Gasteiger partial charge < -0.3 is 80.2 Å². The molecule has 4 aliphatic rings. The van der Waals surface area contributed by atoms with Crippen molar-refractivity contribution in [2.45, 2.75) is 79.9 Å². The Morgan fingerprint density at radius 3 is 1.43 bits per heavy atom. The largest absolute Gasteiger partial charge is 0.507 e. The summed E-state index contributed by atoms with van der Waals surface area (Å²) in [6, 6.07) is 13.1. The highest BCUT2D eigenvalue weighted by Crippen LogP contribution is 2.56. The first kappa shape index (κ1) is 42.2. The number of carbonyl (C=O) groups excluding carboxylic acids is 2. The molecule has 19 nitrogen and oxygen atoms in total. The van der Waals surface area contributed by atoms with Gasteiger partial charge in [-0.15, -0.1) is 0 Å². The molecule has 0 saturated carbocycles. The molecule has 12 atom stereocenters. The normalized spacial score (nSPS) is 30.4. The van der Waals surface area contributed by atoms with Crippen molar-refractivity contribution in [3.05, 3.63) is 116 Å². The van der Waals surface area contributed by atoms with Crippen LogP contribution in [0.5, 0.6) is 23.0 Å². The lowest BCUT2D eigenvalue weighted by atomic mass is 9.63. The SMILES string of the molecule is O=C(O)c1cc(O)c2c(c1)C(C1c3cc(CO)cc(O)c3C(=O)c3c(OC4OC(CO)C(O)C(O)C4O)cccc31)c1cccc(OC3OC(CO)C(O)C(O)C3O)c1C2=O. The zero-order valence-corrected chi connectivity index (χ0v) is 31.5. The summed E-state index contributed by atoms with van der Waals surface area (Å²) >= 11 is 0. The van der Waals surface area contributed by atoms with Crippen LogP contribution in [0.4, 0.5) is 0 Å². The second kappa shape index (κ2) is 16.0. The highest BCUT2D eigenvalue weighted by molar-refractivity contribution is 6.18. The Morgan fingerprint density at radius 1 is 0.557 bits per heavy atom. The first-order chi connectivity index (χ1) is 29.1. The van der Waals surface area contributed by atoms with E-state index >= 15 is 0 Å². The number of hydrogen-bond donors (Lipinski definition) is 12. The molecular weight excluding hydrogens is 808 g/mol. The van der Waals surface area contributed by atoms with Crippen LogP contribution < -0.4 is 9.47 Å². The van der Waals surface area contributed by atoms with Crippen LogP contribution in [0.1, 0.15) is 81.9 Å². The molecule has 2 fully saturated rings. The molecule has 12 N–H and O–H groups in total. The molecular formula is C42H40O19. The number of aromatic hydroxyl groups is 2. The van der Waals surface area contributed by atoms with Gasteiger partial charge in [0.2, 0.25) is 24.1 Å². The molecule has 4 aromatic rings. The molecule has 0 spiro atoms. The fourth-order valence-corrected chi connectivity index (χ4v) is 8.74. The number of carbonyl (C=O) groups is 3. The van der Waals surface area contributed by atoms with Crippen LogP contribution in [-0.2, 0) is 16.1 Å². The van der Waals surface area contributed by atoms with Gasteiger partial charge in [-0.05, 0) is 58.1 Å². The lowest BCUT2D eigenvalue weighted by molar-refractivity contribution is -0.277. The molecule has 2 heterocycles. The Balaban J connectivity index is 1.37. The fraction of sp³-hybridized carbons (Fsp3) is 0.357. The van der Waals surface area contributed by atoms with Gasteiger partial charge in [-0.3, -0.25) is 9.59 Å². The maximum atomic E-state index is 14.7. The first-order valence-corrected chi connectivity index (χ1v) is 19.0. The molecule has 2 saturated heterocycles. The Morgan fingerprint density at radius 2 is 1.00 bits per heavy atom. The number of phenols is 2. The summed E-state index contributed by atoms with van der Waals surface area (Å²) in [6.45, 7) is -2.21. The van der Waals surface area contributed by atoms with Gasteiger partial charge in [-0.25, -0.2) is 4.79 Å². The number of carboxylic acids is 1. The molecule has 322 valence electrons. The van der Waals surface area contributed by atoms with E-state index in [-0.39, 0.29) is 56.0 Å². The van der Waals surface area contributed by atoms with E-state index in [0.29, 0.717) is 0 Å². The van der Waals surface area contributed by atoms with E-state index in [9.17, 15) is 75.7 Å². The molecule has 0 radical (unpaired) electrons. The molecule has 2 aliphatic heterocycles. The Labute approximate surface area is 344 Å². The van der Waals surface area contributed by atoms with Crippen molar-refractivity contribution in [2.24, 2.45) is 0 Å². The van der Waals surface area contributed by atoms with Gasteiger partial charge in [0.25, 0.3) is 0 Å². The Bertz CT molecular complexity index is 2410. The van der Waals surface area contributed by atoms with Crippen LogP contribution in [0.2, 0.25) is 0 Å². The quantitative estimate of drug-likeness (QED) is 0.0931. The molecule has 4 aromatic carbocycles. The van der Waals surface area contributed by atoms with Gasteiger partial charge in [0, 0.05) is 11.8 Å². The predicted octanol–water partition coefficient (Wildman–Crippen LogP) is -1.30. The molecule has 19 heteroatoms. The van der Waals surface area contributed by atoms with E-state index < -0.39 is 133 Å². The van der Waals surface area contributed by atoms with Crippen molar-refractivity contribution >= 4 is 17.5 Å². The number of aliphatic hydroxyl groups is 9. The van der Waals surface area contributed by atoms with Crippen LogP contribution in [-0.4, -0.2) is 153 Å². The number of ether oxygens (including phenoxy) is 4. The van der Waals surface area contributed by atoms with E-state index in [1.807, 2.05) is 0 Å². The molecule has 0 bridgehead atoms. The molecule has 0 aromatic heterocycles. The molecule has 8 rings (SSSR count). The summed E-state index contributed by atoms with van der Waals surface area (Å²) in [5.41, 5.74) is -1.30. The lowest BCUT2D eigenvalue weighted by Crippen LogP contribution is -2.60. The van der Waals surface area contributed by atoms with Crippen LogP contribution in [0.15, 0.2) is 60.7 Å². The highest BCUT2D eigenvalue weighted by atomic mass is 16.7. The van der Waals surface area contributed by atoms with Crippen molar-refractivity contribution in [1.29, 1.82) is 0 Å². The topological polar surface area (TPSA) is 331 Å². The van der Waals surface area contributed by atoms with E-state index in [0.717, 1.165) is 18.2 Å². The van der Waals surface area contributed by atoms with Gasteiger partial charge in [-0.2, -0.15) is 0 Å². The number of benzene rings is 4. The molecule has 12 unspecified atom stereocenters. The third-order valence-electron chi connectivity index (χ3n) is 11.7. The van der Waals surface area contributed by atoms with E-state index in [4.69, 9.17) is 18.9 Å². The number of hydrogen-bond acceptors (Lipinski definition) is 18. The average Bonchev–Trinajstić information content (AvgIpc) is 3.24. The van der Waals surface area contributed by atoms with Crippen LogP contribution in [0.25, 0.3) is 0 Å². The Kier molecular flexibility index (Phi) is 11.1. The van der Waals surface area contributed by atoms with E-state index in [1.54, 1.807) is 0 Å². The third kappa shape index (κ3) is 6.80. The van der Waals surface area contributed by atoms with Crippen LogP contribution >= 0.6 is 0 Å². The van der Waals surface area contributed by atoms with Gasteiger partial charge in [0.15, 0.2) is 0 Å². The number of carboxylic acid groups (broad SMARTS) is 1. The summed E-state index contributed by atoms with van der Waals surface area (Å²) in [5.74, 6) is -7.67. The zero-order valence-electron chi connectivity index (χ0n) is 31.5. The maximum Gasteiger partial charge on any atom is 0.335 e. The molecule has 61 heavy (non-hydrogen) atoms. The number of fused-ring (bicyclic) bond motifs is 4. The molecule has 2 aliphatic carbocycles. The maximum absolute atomic E-state index is 14.7. The van der Waals surface area contributed by atoms with Gasteiger partial charge in [0.1, 0.15) is 71.8 Å². The van der Waals surface area contributed by atoms with Crippen molar-refractivity contribution < 1.29 is 94.6 Å². The summed E-state index contributed by atoms with van der Waals surface area (Å²) in [6.07, 6.45) is -17.4. The summed E-state index contributed by atoms with van der Waals surface area (Å²) < 4.78 is 23.1. The summed E-state index contributed by atoms with van der Waals surface area (Å²) in [4.78, 5) is 41.8. The summed E-state index contributed by atoms with van der Waals surface area (Å²) in [7, 11) is 0. The van der Waals surface area contributed by atoms with Crippen molar-refractivity contribution in [3.63, 3.8) is 0 Å². The number of aromatic carboxylic acids is 1. The first-order valence-electron chi connectivity index (χ1n) is 19.0. The number of aliphatic hydroxyl groups excluding tert-OH is 9. The predicted molar refractivity (Wildman–Crippen MR) is 201 cm³/mol. The Hall–Kier alpha value is -5.55. The second-order valence-corrected chi connectivity index (χ2v) is 15.2. The van der Waals surface area contributed by atoms with Crippen molar-refractivity contribution in [2.75, 3.05) is 13.2 Å². The summed E-state index contributed by atoms with van der Waals surface area (Å²) in [5, 5.41) is 126. The van der Waals surface area contributed by atoms with Crippen molar-refractivity contribution in [3.8, 4) is 23.0 Å². The monoisotopic (exact) mass is 848 g/mol. The van der Waals surface area contributed by atoms with E-state index in [1.165, 1.54) is 42.5 Å². The van der Waals surface area contributed by atoms with E-state index in [2.05, 4.69) is 0 Å². The minimum atomic E-state index is -1.91. The van der Waals surface area contributed by atoms with Gasteiger partial charge in [0.05, 0.1) is 47.6 Å². The van der Waals surface area contributed by atoms with Crippen LogP contribution in [0, 0.1) is 0 Å². The minimum Gasteiger partial charge on any atom is -0.507 e. The smallest absolute Gasteiger partial charge is 0.335 e. The zero-order chi connectivity index (χ0) is 43.8. The molecule has 0 amide bonds. The highest BCUT2D eigenvalue weighted by Gasteiger charge is 2.50. The minimum absolute atomic E-state index is 0.0646. The standard InChI is InChI=1S/C42H40O19/c43-11-14-7-18-26(16-3-1-5-22(30(16)34(50)28(18)20(46)8-14)58-41-38(54)36(52)32(48)24(12-44)60-41)27-17-4-2-6-23(59-42-39(55)37(53)33(49)25(13-45)61-42)31(17)35(51)29-19(27)9-15(40(56)57)10-21(29)47/h1-10,24-27,32-33,36-39,41-49,52-55H,11-13H2,(H,56,57). The van der Waals surface area contributed by atoms with Gasteiger partial charge >= 0.3 is 5.97 Å². The number of rotatable bonds is 9. The third-order valence-corrected chi connectivity index (χ3v) is 11.7. The van der Waals surface area contributed by atoms with Crippen molar-refractivity contribution in [1.82, 2.24) is 0 Å². The number of phenolic OH excluding ortho intramolecular Hbond substituents is 2. The second-order valence-electron chi connectivity index (χ2n) is 15.2. The average molecular weight is 849 g/mol. The van der Waals surface area contributed by atoms with Gasteiger partial charge in [-0.1, -0.05) is 30.3 Å². The lowest BCUT2D eigenvalue weighted by Gasteiger charge is -2.41. The van der Waals surface area contributed by atoms with Crippen LogP contribution in [0.3, 0.4) is 0 Å². The number of ketones is 2.